The van der Waals surface area contributed by atoms with E-state index in [2.05, 4.69) is 0 Å². The van der Waals surface area contributed by atoms with E-state index in [0.717, 1.165) is 0 Å². The van der Waals surface area contributed by atoms with Crippen molar-refractivity contribution in [2.45, 2.75) is 24.9 Å². The molecule has 0 bridgehead atoms. The number of benzene rings is 1. The summed E-state index contributed by atoms with van der Waals surface area (Å²) in [5, 5.41) is 0. The molecule has 0 aliphatic rings. The zero-order valence-corrected chi connectivity index (χ0v) is 8.50. The first-order chi connectivity index (χ1) is 7.40. The van der Waals surface area contributed by atoms with Crippen molar-refractivity contribution in [2.75, 3.05) is 0 Å². The second-order valence-corrected chi connectivity index (χ2v) is 3.52. The van der Waals surface area contributed by atoms with Crippen molar-refractivity contribution in [1.29, 1.82) is 0 Å². The van der Waals surface area contributed by atoms with Gasteiger partial charge in [-0.25, -0.2) is 0 Å². The molecule has 0 aliphatic heterocycles. The minimum atomic E-state index is -4.26. The molecule has 1 aromatic rings. The van der Waals surface area contributed by atoms with Crippen molar-refractivity contribution in [3.05, 3.63) is 35.9 Å². The number of hydrogen-bond donors (Lipinski definition) is 1. The quantitative estimate of drug-likeness (QED) is 0.850. The van der Waals surface area contributed by atoms with Crippen molar-refractivity contribution >= 4 is 5.91 Å². The lowest BCUT2D eigenvalue weighted by Crippen LogP contribution is -2.23. The number of halogens is 3. The molecule has 2 N–H and O–H groups in total. The zero-order chi connectivity index (χ0) is 12.2. The van der Waals surface area contributed by atoms with E-state index in [4.69, 9.17) is 5.73 Å². The fraction of sp³-hybridized carbons (Fsp3) is 0.364. The van der Waals surface area contributed by atoms with E-state index in [1.54, 1.807) is 30.3 Å². The summed E-state index contributed by atoms with van der Waals surface area (Å²) in [6.07, 6.45) is -5.57. The summed E-state index contributed by atoms with van der Waals surface area (Å²) >= 11 is 0. The van der Waals surface area contributed by atoms with Gasteiger partial charge in [0.2, 0.25) is 5.91 Å². The number of carbonyl (C=O) groups is 1. The van der Waals surface area contributed by atoms with Gasteiger partial charge in [0.05, 0.1) is 5.92 Å². The molecule has 1 amide bonds. The molecule has 0 saturated heterocycles. The molecule has 5 heteroatoms. The number of amides is 1. The Hall–Kier alpha value is -1.52. The van der Waals surface area contributed by atoms with Crippen LogP contribution in [0.5, 0.6) is 0 Å². The minimum Gasteiger partial charge on any atom is -0.369 e. The SMILES string of the molecule is NC(=O)C(CCC(F)(F)F)c1ccccc1. The maximum atomic E-state index is 12.0. The highest BCUT2D eigenvalue weighted by molar-refractivity contribution is 5.81. The van der Waals surface area contributed by atoms with Gasteiger partial charge in [-0.05, 0) is 12.0 Å². The van der Waals surface area contributed by atoms with Gasteiger partial charge in [-0.1, -0.05) is 30.3 Å². The van der Waals surface area contributed by atoms with E-state index in [0.29, 0.717) is 5.56 Å². The molecule has 1 atom stereocenters. The molecule has 0 fully saturated rings. The van der Waals surface area contributed by atoms with Crippen LogP contribution in [-0.2, 0) is 4.79 Å². The highest BCUT2D eigenvalue weighted by Gasteiger charge is 2.30. The van der Waals surface area contributed by atoms with Crippen LogP contribution >= 0.6 is 0 Å². The van der Waals surface area contributed by atoms with Crippen LogP contribution in [0.2, 0.25) is 0 Å². The highest BCUT2D eigenvalue weighted by Crippen LogP contribution is 2.28. The van der Waals surface area contributed by atoms with Crippen LogP contribution in [-0.4, -0.2) is 12.1 Å². The second kappa shape index (κ2) is 5.01. The number of carbonyl (C=O) groups excluding carboxylic acids is 1. The number of nitrogens with two attached hydrogens (primary N) is 1. The average Bonchev–Trinajstić information content (AvgIpc) is 2.17. The Labute approximate surface area is 91.3 Å². The van der Waals surface area contributed by atoms with Gasteiger partial charge in [0, 0.05) is 6.42 Å². The van der Waals surface area contributed by atoms with Crippen molar-refractivity contribution in [1.82, 2.24) is 0 Å². The van der Waals surface area contributed by atoms with Gasteiger partial charge in [-0.2, -0.15) is 13.2 Å². The number of primary amides is 1. The summed E-state index contributed by atoms with van der Waals surface area (Å²) in [4.78, 5) is 11.1. The van der Waals surface area contributed by atoms with Crippen LogP contribution in [0.25, 0.3) is 0 Å². The van der Waals surface area contributed by atoms with Gasteiger partial charge >= 0.3 is 6.18 Å². The molecule has 1 unspecified atom stereocenters. The Balaban J connectivity index is 2.74. The lowest BCUT2D eigenvalue weighted by atomic mass is 9.93. The molecule has 16 heavy (non-hydrogen) atoms. The number of alkyl halides is 3. The smallest absolute Gasteiger partial charge is 0.369 e. The Morgan fingerprint density at radius 2 is 1.81 bits per heavy atom. The predicted molar refractivity (Wildman–Crippen MR) is 53.7 cm³/mol. The van der Waals surface area contributed by atoms with Gasteiger partial charge in [0.25, 0.3) is 0 Å². The van der Waals surface area contributed by atoms with Crippen LogP contribution in [0.15, 0.2) is 30.3 Å². The highest BCUT2D eigenvalue weighted by atomic mass is 19.4. The molecule has 88 valence electrons. The third kappa shape index (κ3) is 3.92. The third-order valence-electron chi connectivity index (χ3n) is 2.26. The van der Waals surface area contributed by atoms with Crippen LogP contribution in [0.4, 0.5) is 13.2 Å². The topological polar surface area (TPSA) is 43.1 Å². The van der Waals surface area contributed by atoms with E-state index in [9.17, 15) is 18.0 Å². The Kier molecular flexibility index (Phi) is 3.93. The van der Waals surface area contributed by atoms with Crippen molar-refractivity contribution in [3.8, 4) is 0 Å². The second-order valence-electron chi connectivity index (χ2n) is 3.52. The largest absolute Gasteiger partial charge is 0.389 e. The molecular weight excluding hydrogens is 219 g/mol. The maximum Gasteiger partial charge on any atom is 0.389 e. The van der Waals surface area contributed by atoms with Crippen molar-refractivity contribution in [2.24, 2.45) is 5.73 Å². The summed E-state index contributed by atoms with van der Waals surface area (Å²) in [6.45, 7) is 0. The predicted octanol–water partition coefficient (Wildman–Crippen LogP) is 2.60. The minimum absolute atomic E-state index is 0.303. The number of hydrogen-bond acceptors (Lipinski definition) is 1. The monoisotopic (exact) mass is 231 g/mol. The number of rotatable bonds is 4. The Morgan fingerprint density at radius 3 is 2.25 bits per heavy atom. The van der Waals surface area contributed by atoms with Gasteiger partial charge < -0.3 is 5.73 Å². The summed E-state index contributed by atoms with van der Waals surface area (Å²) in [5.41, 5.74) is 5.62. The van der Waals surface area contributed by atoms with Gasteiger partial charge in [0.15, 0.2) is 0 Å². The molecule has 0 saturated carbocycles. The first kappa shape index (κ1) is 12.5. The van der Waals surface area contributed by atoms with Crippen LogP contribution in [0, 0.1) is 0 Å². The molecule has 0 heterocycles. The van der Waals surface area contributed by atoms with Crippen LogP contribution in [0.1, 0.15) is 24.3 Å². The van der Waals surface area contributed by atoms with Crippen LogP contribution in [0.3, 0.4) is 0 Å². The van der Waals surface area contributed by atoms with Gasteiger partial charge in [-0.15, -0.1) is 0 Å². The maximum absolute atomic E-state index is 12.0. The Morgan fingerprint density at radius 1 is 1.25 bits per heavy atom. The van der Waals surface area contributed by atoms with Crippen molar-refractivity contribution < 1.29 is 18.0 Å². The van der Waals surface area contributed by atoms with Gasteiger partial charge in [-0.3, -0.25) is 4.79 Å². The molecule has 2 nitrogen and oxygen atoms in total. The van der Waals surface area contributed by atoms with Crippen molar-refractivity contribution in [3.63, 3.8) is 0 Å². The molecule has 1 aromatic carbocycles. The summed E-state index contributed by atoms with van der Waals surface area (Å²) < 4.78 is 36.1. The van der Waals surface area contributed by atoms with Gasteiger partial charge in [0.1, 0.15) is 0 Å². The molecule has 0 radical (unpaired) electrons. The average molecular weight is 231 g/mol. The van der Waals surface area contributed by atoms with E-state index in [1.807, 2.05) is 0 Å². The molecule has 0 aliphatic carbocycles. The first-order valence-electron chi connectivity index (χ1n) is 4.81. The van der Waals surface area contributed by atoms with E-state index >= 15 is 0 Å². The van der Waals surface area contributed by atoms with E-state index < -0.39 is 24.4 Å². The third-order valence-corrected chi connectivity index (χ3v) is 2.26. The Bertz CT molecular complexity index is 348. The van der Waals surface area contributed by atoms with E-state index in [1.165, 1.54) is 0 Å². The standard InChI is InChI=1S/C11H12F3NO/c12-11(13,14)7-6-9(10(15)16)8-4-2-1-3-5-8/h1-5,9H,6-7H2,(H2,15,16). The molecule has 1 rings (SSSR count). The summed E-state index contributed by atoms with van der Waals surface area (Å²) in [5.74, 6) is -1.60. The molecule has 0 spiro atoms. The fourth-order valence-electron chi connectivity index (χ4n) is 1.47. The summed E-state index contributed by atoms with van der Waals surface area (Å²) in [6, 6.07) is 8.26. The van der Waals surface area contributed by atoms with Crippen LogP contribution < -0.4 is 5.73 Å². The van der Waals surface area contributed by atoms with E-state index in [-0.39, 0.29) is 6.42 Å². The lowest BCUT2D eigenvalue weighted by molar-refractivity contribution is -0.138. The zero-order valence-electron chi connectivity index (χ0n) is 8.50. The lowest BCUT2D eigenvalue weighted by Gasteiger charge is -2.14. The first-order valence-corrected chi connectivity index (χ1v) is 4.81. The summed E-state index contributed by atoms with van der Waals surface area (Å²) in [7, 11) is 0. The normalized spacial score (nSPS) is 13.4. The molecule has 0 aromatic heterocycles. The fourth-order valence-corrected chi connectivity index (χ4v) is 1.47. The molecular formula is C11H12F3NO.